The third kappa shape index (κ3) is 11.3. The summed E-state index contributed by atoms with van der Waals surface area (Å²) in [5, 5.41) is 15.4. The summed E-state index contributed by atoms with van der Waals surface area (Å²) >= 11 is 0. The fraction of sp³-hybridized carbons (Fsp3) is 0.448. The highest BCUT2D eigenvalue weighted by molar-refractivity contribution is 7.85. The predicted molar refractivity (Wildman–Crippen MR) is 164 cm³/mol. The number of pyridine rings is 1. The van der Waals surface area contributed by atoms with E-state index in [4.69, 9.17) is 13.8 Å². The lowest BCUT2D eigenvalue weighted by Gasteiger charge is -2.37. The molecule has 3 amide bonds. The van der Waals surface area contributed by atoms with Gasteiger partial charge in [-0.3, -0.25) is 14.7 Å². The molecular formula is C29H40N6O7S. The summed E-state index contributed by atoms with van der Waals surface area (Å²) in [4.78, 5) is 29.3. The summed E-state index contributed by atoms with van der Waals surface area (Å²) in [6.07, 6.45) is 4.44. The van der Waals surface area contributed by atoms with Gasteiger partial charge in [0.1, 0.15) is 22.8 Å². The topological polar surface area (TPSA) is 185 Å². The number of carbonyl (C=O) groups is 2. The molecule has 1 aliphatic heterocycles. The molecule has 0 spiro atoms. The molecule has 4 rings (SSSR count). The van der Waals surface area contributed by atoms with Crippen LogP contribution in [0.5, 0.6) is 5.75 Å². The van der Waals surface area contributed by atoms with Crippen LogP contribution < -0.4 is 26.0 Å². The summed E-state index contributed by atoms with van der Waals surface area (Å²) in [7, 11) is -3.67. The first-order valence-corrected chi connectivity index (χ1v) is 15.6. The molecule has 1 aromatic carbocycles. The molecular weight excluding hydrogens is 576 g/mol. The molecule has 13 nitrogen and oxygen atoms in total. The molecule has 1 aliphatic rings. The first-order valence-electron chi connectivity index (χ1n) is 13.7. The maximum atomic E-state index is 12.7. The van der Waals surface area contributed by atoms with Crippen LogP contribution in [-0.2, 0) is 15.5 Å². The monoisotopic (exact) mass is 616 g/mol. The molecule has 3 heterocycles. The van der Waals surface area contributed by atoms with Crippen molar-refractivity contribution in [3.05, 3.63) is 60.1 Å². The Labute approximate surface area is 251 Å². The molecule has 0 bridgehead atoms. The average molecular weight is 617 g/mol. The molecule has 43 heavy (non-hydrogen) atoms. The molecule has 3 aromatic rings. The molecule has 14 heteroatoms. The van der Waals surface area contributed by atoms with Crippen LogP contribution >= 0.6 is 0 Å². The van der Waals surface area contributed by atoms with Crippen molar-refractivity contribution in [2.24, 2.45) is 5.92 Å². The quantitative estimate of drug-likeness (QED) is 0.228. The maximum absolute atomic E-state index is 12.7. The molecule has 0 unspecified atom stereocenters. The molecule has 2 aromatic heterocycles. The van der Waals surface area contributed by atoms with Crippen molar-refractivity contribution < 1.29 is 31.8 Å². The highest BCUT2D eigenvalue weighted by Crippen LogP contribution is 2.30. The van der Waals surface area contributed by atoms with Gasteiger partial charge in [-0.15, -0.1) is 0 Å². The Hall–Kier alpha value is -4.01. The number of hydrogen-bond donors (Lipinski definition) is 5. The van der Waals surface area contributed by atoms with Gasteiger partial charge in [0, 0.05) is 28.8 Å². The van der Waals surface area contributed by atoms with Crippen LogP contribution in [0.25, 0.3) is 0 Å². The Morgan fingerprint density at radius 2 is 1.56 bits per heavy atom. The van der Waals surface area contributed by atoms with E-state index in [-0.39, 0.29) is 22.6 Å². The average Bonchev–Trinajstić information content (AvgIpc) is 3.39. The predicted octanol–water partition coefficient (Wildman–Crippen LogP) is 4.92. The Balaban J connectivity index is 0.000000934. The summed E-state index contributed by atoms with van der Waals surface area (Å²) < 4.78 is 37.4. The van der Waals surface area contributed by atoms with Gasteiger partial charge in [-0.05, 0) is 76.2 Å². The Bertz CT molecular complexity index is 1470. The second-order valence-corrected chi connectivity index (χ2v) is 13.2. The minimum absolute atomic E-state index is 0.210. The van der Waals surface area contributed by atoms with Crippen molar-refractivity contribution in [3.63, 3.8) is 0 Å². The summed E-state index contributed by atoms with van der Waals surface area (Å²) in [6.45, 7) is 12.2. The standard InChI is InChI=1S/C28H36N6O4.CH4O3S/c1-27(2,3)23-16-24(34-38-23)33-26(36)32-20-8-6-19(7-9-20)31-25(35)22-11-10-21(17-30-22)37-28(4,5)18-12-14-29-15-13-18;1-5(2,3)4/h6-11,16-18,29H,12-15H2,1-5H3,(H,31,35)(H2,32,33,34,36);1H3,(H,2,3,4). The van der Waals surface area contributed by atoms with Crippen LogP contribution in [0.3, 0.4) is 0 Å². The van der Waals surface area contributed by atoms with E-state index < -0.39 is 16.1 Å². The number of benzene rings is 1. The van der Waals surface area contributed by atoms with Gasteiger partial charge in [0.15, 0.2) is 5.82 Å². The molecule has 5 N–H and O–H groups in total. The van der Waals surface area contributed by atoms with Crippen molar-refractivity contribution in [2.45, 2.75) is 58.5 Å². The van der Waals surface area contributed by atoms with Crippen LogP contribution in [0.15, 0.2) is 53.2 Å². The lowest BCUT2D eigenvalue weighted by atomic mass is 9.83. The minimum Gasteiger partial charge on any atom is -0.486 e. The van der Waals surface area contributed by atoms with E-state index in [0.717, 1.165) is 25.9 Å². The van der Waals surface area contributed by atoms with E-state index >= 15 is 0 Å². The number of hydrogen-bond acceptors (Lipinski definition) is 9. The van der Waals surface area contributed by atoms with Crippen molar-refractivity contribution in [1.29, 1.82) is 0 Å². The molecule has 0 radical (unpaired) electrons. The Morgan fingerprint density at radius 3 is 2.07 bits per heavy atom. The zero-order valence-electron chi connectivity index (χ0n) is 25.2. The number of ether oxygens (including phenoxy) is 1. The van der Waals surface area contributed by atoms with Gasteiger partial charge in [-0.2, -0.15) is 8.42 Å². The third-order valence-electron chi connectivity index (χ3n) is 6.56. The van der Waals surface area contributed by atoms with E-state index in [1.165, 1.54) is 0 Å². The smallest absolute Gasteiger partial charge is 0.324 e. The molecule has 0 saturated carbocycles. The van der Waals surface area contributed by atoms with Gasteiger partial charge >= 0.3 is 6.03 Å². The van der Waals surface area contributed by atoms with Crippen LogP contribution in [0.1, 0.15) is 63.7 Å². The zero-order valence-corrected chi connectivity index (χ0v) is 26.0. The van der Waals surface area contributed by atoms with E-state index in [0.29, 0.717) is 40.9 Å². The number of aromatic nitrogens is 2. The van der Waals surface area contributed by atoms with Gasteiger partial charge in [-0.1, -0.05) is 25.9 Å². The van der Waals surface area contributed by atoms with E-state index in [1.54, 1.807) is 48.7 Å². The summed E-state index contributed by atoms with van der Waals surface area (Å²) in [6, 6.07) is 11.4. The zero-order chi connectivity index (χ0) is 31.8. The molecule has 0 atom stereocenters. The molecule has 0 aliphatic carbocycles. The van der Waals surface area contributed by atoms with E-state index in [9.17, 15) is 18.0 Å². The van der Waals surface area contributed by atoms with Crippen LogP contribution in [0.4, 0.5) is 22.0 Å². The van der Waals surface area contributed by atoms with Crippen molar-refractivity contribution in [1.82, 2.24) is 15.5 Å². The Morgan fingerprint density at radius 1 is 0.977 bits per heavy atom. The summed E-state index contributed by atoms with van der Waals surface area (Å²) in [5.41, 5.74) is 0.877. The van der Waals surface area contributed by atoms with Gasteiger partial charge in [0.05, 0.1) is 12.5 Å². The van der Waals surface area contributed by atoms with Crippen molar-refractivity contribution in [3.8, 4) is 5.75 Å². The van der Waals surface area contributed by atoms with Gasteiger partial charge in [0.25, 0.3) is 16.0 Å². The van der Waals surface area contributed by atoms with Gasteiger partial charge < -0.3 is 25.2 Å². The summed E-state index contributed by atoms with van der Waals surface area (Å²) in [5.74, 6) is 1.76. The third-order valence-corrected chi connectivity index (χ3v) is 6.56. The number of anilines is 3. The van der Waals surface area contributed by atoms with E-state index in [1.807, 2.05) is 20.8 Å². The van der Waals surface area contributed by atoms with Gasteiger partial charge in [-0.25, -0.2) is 9.78 Å². The minimum atomic E-state index is -3.67. The number of urea groups is 1. The first kappa shape index (κ1) is 33.5. The van der Waals surface area contributed by atoms with E-state index in [2.05, 4.69) is 45.3 Å². The van der Waals surface area contributed by atoms with Crippen LogP contribution in [0, 0.1) is 5.92 Å². The number of nitrogens with zero attached hydrogens (tertiary/aromatic N) is 2. The largest absolute Gasteiger partial charge is 0.486 e. The molecule has 1 fully saturated rings. The second-order valence-electron chi connectivity index (χ2n) is 11.8. The number of piperidine rings is 1. The van der Waals surface area contributed by atoms with Crippen molar-refractivity contribution >= 4 is 39.2 Å². The van der Waals surface area contributed by atoms with Crippen LogP contribution in [-0.4, -0.2) is 60.0 Å². The first-order chi connectivity index (χ1) is 20.0. The molecule has 234 valence electrons. The lowest BCUT2D eigenvalue weighted by molar-refractivity contribution is 0.0282. The fourth-order valence-corrected chi connectivity index (χ4v) is 4.28. The number of nitrogens with one attached hydrogen (secondary N) is 4. The lowest BCUT2D eigenvalue weighted by Crippen LogP contribution is -2.43. The highest BCUT2D eigenvalue weighted by Gasteiger charge is 2.32. The fourth-order valence-electron chi connectivity index (χ4n) is 4.28. The maximum Gasteiger partial charge on any atom is 0.324 e. The van der Waals surface area contributed by atoms with Gasteiger partial charge in [0.2, 0.25) is 0 Å². The SMILES string of the molecule is CC(C)(C)c1cc(NC(=O)Nc2ccc(NC(=O)c3ccc(OC(C)(C)C4CCNCC4)cn3)cc2)no1.CS(=O)(=O)O. The van der Waals surface area contributed by atoms with Crippen LogP contribution in [0.2, 0.25) is 0 Å². The Kier molecular flexibility index (Phi) is 10.9. The van der Waals surface area contributed by atoms with Crippen molar-refractivity contribution in [2.75, 3.05) is 35.3 Å². The highest BCUT2D eigenvalue weighted by atomic mass is 32.2. The number of amides is 3. The normalized spacial score (nSPS) is 14.2. The number of rotatable bonds is 7. The second kappa shape index (κ2) is 14.0. The molecule has 1 saturated heterocycles. The number of carbonyl (C=O) groups excluding carboxylic acids is 2.